The first kappa shape index (κ1) is 16.8. The van der Waals surface area contributed by atoms with Crippen LogP contribution >= 0.6 is 0 Å². The number of hydrogen-bond acceptors (Lipinski definition) is 3. The standard InChI is InChI=1S/C18H25N3O3S/c1-18(9-10-18)19-25(23,24)14-7-8-15-16(11-14)20(2)17(22)21(15)12-13-5-3-4-6-13/h7-8,11,13,19H,3-6,9-10,12H2,1-2H3. The molecule has 0 amide bonds. The van der Waals surface area contributed by atoms with Gasteiger partial charge in [-0.15, -0.1) is 0 Å². The van der Waals surface area contributed by atoms with Crippen LogP contribution in [0.25, 0.3) is 11.0 Å². The number of nitrogens with zero attached hydrogens (tertiary/aromatic N) is 2. The number of aryl methyl sites for hydroxylation is 1. The molecule has 4 rings (SSSR count). The molecule has 25 heavy (non-hydrogen) atoms. The van der Waals surface area contributed by atoms with Crippen LogP contribution in [0.2, 0.25) is 0 Å². The van der Waals surface area contributed by atoms with E-state index in [4.69, 9.17) is 0 Å². The molecule has 0 bridgehead atoms. The van der Waals surface area contributed by atoms with Crippen LogP contribution < -0.4 is 10.4 Å². The second kappa shape index (κ2) is 5.71. The second-order valence-corrected chi connectivity index (χ2v) is 9.60. The fraction of sp³-hybridized carbons (Fsp3) is 0.611. The van der Waals surface area contributed by atoms with Crippen LogP contribution in [-0.4, -0.2) is 23.1 Å². The predicted octanol–water partition coefficient (Wildman–Crippen LogP) is 2.36. The minimum atomic E-state index is -3.56. The Kier molecular flexibility index (Phi) is 3.85. The van der Waals surface area contributed by atoms with Crippen LogP contribution in [0.5, 0.6) is 0 Å². The van der Waals surface area contributed by atoms with Crippen molar-refractivity contribution in [3.05, 3.63) is 28.7 Å². The topological polar surface area (TPSA) is 73.1 Å². The van der Waals surface area contributed by atoms with Gasteiger partial charge < -0.3 is 0 Å². The van der Waals surface area contributed by atoms with Gasteiger partial charge in [0.05, 0.1) is 15.9 Å². The van der Waals surface area contributed by atoms with Crippen LogP contribution in [-0.2, 0) is 23.6 Å². The number of sulfonamides is 1. The first-order chi connectivity index (χ1) is 11.8. The van der Waals surface area contributed by atoms with E-state index in [-0.39, 0.29) is 16.1 Å². The molecule has 7 heteroatoms. The minimum Gasteiger partial charge on any atom is -0.295 e. The third-order valence-corrected chi connectivity index (χ3v) is 7.36. The highest BCUT2D eigenvalue weighted by atomic mass is 32.2. The van der Waals surface area contributed by atoms with Crippen LogP contribution in [0, 0.1) is 5.92 Å². The molecular formula is C18H25N3O3S. The van der Waals surface area contributed by atoms with Gasteiger partial charge in [-0.1, -0.05) is 12.8 Å². The summed E-state index contributed by atoms with van der Waals surface area (Å²) >= 11 is 0. The van der Waals surface area contributed by atoms with Crippen molar-refractivity contribution in [3.63, 3.8) is 0 Å². The summed E-state index contributed by atoms with van der Waals surface area (Å²) < 4.78 is 31.3. The molecule has 2 aliphatic carbocycles. The molecule has 1 aromatic heterocycles. The maximum atomic E-state index is 12.6. The largest absolute Gasteiger partial charge is 0.328 e. The first-order valence-electron chi connectivity index (χ1n) is 9.02. The Morgan fingerprint density at radius 1 is 1.20 bits per heavy atom. The third kappa shape index (κ3) is 3.04. The second-order valence-electron chi connectivity index (χ2n) is 7.92. The minimum absolute atomic E-state index is 0.0708. The molecule has 2 aromatic rings. The zero-order chi connectivity index (χ0) is 17.8. The highest BCUT2D eigenvalue weighted by molar-refractivity contribution is 7.89. The molecule has 1 heterocycles. The Morgan fingerprint density at radius 3 is 2.52 bits per heavy atom. The predicted molar refractivity (Wildman–Crippen MR) is 97.1 cm³/mol. The summed E-state index contributed by atoms with van der Waals surface area (Å²) in [6, 6.07) is 5.01. The van der Waals surface area contributed by atoms with Crippen molar-refractivity contribution in [3.8, 4) is 0 Å². The van der Waals surface area contributed by atoms with E-state index < -0.39 is 10.0 Å². The summed E-state index contributed by atoms with van der Waals surface area (Å²) in [6.45, 7) is 2.63. The molecular weight excluding hydrogens is 338 g/mol. The molecule has 0 aliphatic heterocycles. The molecule has 2 saturated carbocycles. The van der Waals surface area contributed by atoms with Gasteiger partial charge in [0.15, 0.2) is 0 Å². The Labute approximate surface area is 147 Å². The molecule has 1 aromatic carbocycles. The Balaban J connectivity index is 1.73. The Morgan fingerprint density at radius 2 is 1.88 bits per heavy atom. The number of benzene rings is 1. The van der Waals surface area contributed by atoms with Crippen LogP contribution in [0.15, 0.2) is 27.9 Å². The molecule has 0 unspecified atom stereocenters. The van der Waals surface area contributed by atoms with Crippen molar-refractivity contribution < 1.29 is 8.42 Å². The summed E-state index contributed by atoms with van der Waals surface area (Å²) in [5.74, 6) is 0.545. The summed E-state index contributed by atoms with van der Waals surface area (Å²) in [7, 11) is -1.85. The van der Waals surface area contributed by atoms with Gasteiger partial charge in [-0.2, -0.15) is 0 Å². The van der Waals surface area contributed by atoms with Crippen molar-refractivity contribution in [2.45, 2.75) is 62.4 Å². The zero-order valence-electron chi connectivity index (χ0n) is 14.8. The molecule has 0 radical (unpaired) electrons. The van der Waals surface area contributed by atoms with E-state index in [2.05, 4.69) is 4.72 Å². The Bertz CT molecular complexity index is 977. The summed E-state index contributed by atoms with van der Waals surface area (Å²) in [5.41, 5.74) is 1.11. The van der Waals surface area contributed by atoms with E-state index in [1.54, 1.807) is 34.4 Å². The molecule has 0 saturated heterocycles. The highest BCUT2D eigenvalue weighted by Gasteiger charge is 2.41. The lowest BCUT2D eigenvalue weighted by atomic mass is 10.1. The quantitative estimate of drug-likeness (QED) is 0.886. The normalized spacial score (nSPS) is 20.4. The lowest BCUT2D eigenvalue weighted by Gasteiger charge is -2.13. The van der Waals surface area contributed by atoms with E-state index in [0.29, 0.717) is 11.4 Å². The number of fused-ring (bicyclic) bond motifs is 1. The molecule has 6 nitrogen and oxygen atoms in total. The van der Waals surface area contributed by atoms with E-state index in [9.17, 15) is 13.2 Å². The van der Waals surface area contributed by atoms with E-state index in [1.807, 2.05) is 6.92 Å². The summed E-state index contributed by atoms with van der Waals surface area (Å²) in [5, 5.41) is 0. The van der Waals surface area contributed by atoms with Gasteiger partial charge in [0, 0.05) is 19.1 Å². The average Bonchev–Trinajstić information content (AvgIpc) is 2.98. The van der Waals surface area contributed by atoms with Crippen LogP contribution in [0.3, 0.4) is 0 Å². The van der Waals surface area contributed by atoms with E-state index in [1.165, 1.54) is 12.8 Å². The molecule has 2 aliphatic rings. The maximum Gasteiger partial charge on any atom is 0.328 e. The number of imidazole rings is 1. The summed E-state index contributed by atoms with van der Waals surface area (Å²) in [4.78, 5) is 12.9. The molecule has 2 fully saturated rings. The smallest absolute Gasteiger partial charge is 0.295 e. The van der Waals surface area contributed by atoms with Crippen LogP contribution in [0.1, 0.15) is 45.4 Å². The molecule has 1 N–H and O–H groups in total. The maximum absolute atomic E-state index is 12.6. The van der Waals surface area contributed by atoms with Gasteiger partial charge in [0.1, 0.15) is 0 Å². The average molecular weight is 363 g/mol. The SMILES string of the molecule is Cn1c(=O)n(CC2CCCC2)c2ccc(S(=O)(=O)NC3(C)CC3)cc21. The number of nitrogens with one attached hydrogen (secondary N) is 1. The van der Waals surface area contributed by atoms with Crippen molar-refractivity contribution in [2.75, 3.05) is 0 Å². The van der Waals surface area contributed by atoms with Gasteiger partial charge in [0.25, 0.3) is 0 Å². The van der Waals surface area contributed by atoms with Gasteiger partial charge >= 0.3 is 5.69 Å². The van der Waals surface area contributed by atoms with Crippen molar-refractivity contribution >= 4 is 21.1 Å². The van der Waals surface area contributed by atoms with Crippen LogP contribution in [0.4, 0.5) is 0 Å². The van der Waals surface area contributed by atoms with E-state index in [0.717, 1.165) is 37.7 Å². The molecule has 0 atom stereocenters. The van der Waals surface area contributed by atoms with Gasteiger partial charge in [0.2, 0.25) is 10.0 Å². The highest BCUT2D eigenvalue weighted by Crippen LogP contribution is 2.36. The summed E-state index contributed by atoms with van der Waals surface area (Å²) in [6.07, 6.45) is 6.53. The Hall–Kier alpha value is -1.60. The van der Waals surface area contributed by atoms with Gasteiger partial charge in [-0.25, -0.2) is 17.9 Å². The van der Waals surface area contributed by atoms with Crippen molar-refractivity contribution in [1.29, 1.82) is 0 Å². The lowest BCUT2D eigenvalue weighted by Crippen LogP contribution is -2.34. The number of rotatable bonds is 5. The zero-order valence-corrected chi connectivity index (χ0v) is 15.6. The van der Waals surface area contributed by atoms with Gasteiger partial charge in [-0.05, 0) is 56.7 Å². The fourth-order valence-corrected chi connectivity index (χ4v) is 5.34. The molecule has 0 spiro atoms. The van der Waals surface area contributed by atoms with Crippen molar-refractivity contribution in [2.24, 2.45) is 13.0 Å². The van der Waals surface area contributed by atoms with E-state index >= 15 is 0 Å². The number of aromatic nitrogens is 2. The fourth-order valence-electron chi connectivity index (χ4n) is 3.85. The molecule has 136 valence electrons. The first-order valence-corrected chi connectivity index (χ1v) is 10.5. The monoisotopic (exact) mass is 363 g/mol. The number of hydrogen-bond donors (Lipinski definition) is 1. The van der Waals surface area contributed by atoms with Crippen molar-refractivity contribution in [1.82, 2.24) is 13.9 Å². The third-order valence-electron chi connectivity index (χ3n) is 5.72. The lowest BCUT2D eigenvalue weighted by molar-refractivity contribution is 0.453. The van der Waals surface area contributed by atoms with Gasteiger partial charge in [-0.3, -0.25) is 9.13 Å².